The lowest BCUT2D eigenvalue weighted by Crippen LogP contribution is -2.15. The van der Waals surface area contributed by atoms with Gasteiger partial charge < -0.3 is 15.5 Å². The van der Waals surface area contributed by atoms with E-state index in [4.69, 9.17) is 10.5 Å². The predicted octanol–water partition coefficient (Wildman–Crippen LogP) is 2.54. The summed E-state index contributed by atoms with van der Waals surface area (Å²) in [5.41, 5.74) is 6.37. The molecule has 1 heterocycles. The Morgan fingerprint density at radius 2 is 2.00 bits per heavy atom. The molecule has 3 aromatic rings. The minimum Gasteiger partial charge on any atom is -0.489 e. The third-order valence-corrected chi connectivity index (χ3v) is 3.62. The zero-order valence-corrected chi connectivity index (χ0v) is 12.7. The van der Waals surface area contributed by atoms with Crippen LogP contribution in [0.5, 0.6) is 5.75 Å². The summed E-state index contributed by atoms with van der Waals surface area (Å²) in [4.78, 5) is 15.1. The Labute approximate surface area is 137 Å². The van der Waals surface area contributed by atoms with Crippen LogP contribution in [0, 0.1) is 17.1 Å². The molecule has 0 atom stereocenters. The molecule has 5 nitrogen and oxygen atoms in total. The summed E-state index contributed by atoms with van der Waals surface area (Å²) in [6.45, 7) is 0.501. The highest BCUT2D eigenvalue weighted by Gasteiger charge is 2.17. The number of nitriles is 1. The van der Waals surface area contributed by atoms with E-state index in [0.29, 0.717) is 28.0 Å². The maximum absolute atomic E-state index is 13.5. The first kappa shape index (κ1) is 15.7. The van der Waals surface area contributed by atoms with Crippen LogP contribution in [0.4, 0.5) is 4.39 Å². The van der Waals surface area contributed by atoms with E-state index in [2.05, 4.69) is 11.1 Å². The average molecular weight is 323 g/mol. The second-order valence-corrected chi connectivity index (χ2v) is 5.14. The van der Waals surface area contributed by atoms with Gasteiger partial charge in [-0.25, -0.2) is 4.39 Å². The first-order valence-electron chi connectivity index (χ1n) is 7.33. The fraction of sp³-hybridized carbons (Fsp3) is 0.111. The summed E-state index contributed by atoms with van der Waals surface area (Å²) >= 11 is 0. The number of aromatic nitrogens is 1. The summed E-state index contributed by atoms with van der Waals surface area (Å²) in [6, 6.07) is 12.9. The lowest BCUT2D eigenvalue weighted by molar-refractivity contribution is 0.332. The van der Waals surface area contributed by atoms with E-state index >= 15 is 0 Å². The molecule has 120 valence electrons. The lowest BCUT2D eigenvalue weighted by atomic mass is 10.0. The van der Waals surface area contributed by atoms with Crippen molar-refractivity contribution in [2.45, 2.75) is 0 Å². The first-order chi connectivity index (χ1) is 11.7. The molecule has 0 aliphatic carbocycles. The Kier molecular flexibility index (Phi) is 4.27. The molecule has 2 aromatic carbocycles. The Balaban J connectivity index is 2.37. The normalized spacial score (nSPS) is 10.5. The van der Waals surface area contributed by atoms with Gasteiger partial charge in [-0.1, -0.05) is 18.2 Å². The Hall–Kier alpha value is -3.17. The number of ether oxygens (including phenoxy) is 1. The van der Waals surface area contributed by atoms with Gasteiger partial charge in [-0.05, 0) is 24.3 Å². The van der Waals surface area contributed by atoms with E-state index in [-0.39, 0.29) is 18.5 Å². The minimum atomic E-state index is -0.511. The molecule has 0 bridgehead atoms. The molecule has 0 aliphatic rings. The van der Waals surface area contributed by atoms with Crippen LogP contribution in [0.2, 0.25) is 0 Å². The van der Waals surface area contributed by atoms with Crippen LogP contribution in [-0.4, -0.2) is 18.1 Å². The molecule has 0 saturated heterocycles. The number of halogens is 1. The highest BCUT2D eigenvalue weighted by molar-refractivity contribution is 5.93. The van der Waals surface area contributed by atoms with Crippen molar-refractivity contribution < 1.29 is 9.13 Å². The number of nitrogens with two attached hydrogens (primary N) is 1. The highest BCUT2D eigenvalue weighted by atomic mass is 19.1. The van der Waals surface area contributed by atoms with E-state index in [1.807, 2.05) is 0 Å². The number of hydrogen-bond acceptors (Lipinski definition) is 4. The number of nitrogens with one attached hydrogen (secondary N) is 1. The standard InChI is InChI=1S/C18H14FN3O2/c19-12-5-6-14-15(9-12)18(23)22-16(17(14)24-8-7-20)13-4-2-1-3-11(13)10-21/h1-6,9H,7-8,20H2,(H,22,23). The molecule has 3 N–H and O–H groups in total. The molecule has 0 amide bonds. The number of hydrogen-bond donors (Lipinski definition) is 2. The van der Waals surface area contributed by atoms with Crippen molar-refractivity contribution in [3.05, 3.63) is 64.2 Å². The van der Waals surface area contributed by atoms with Crippen molar-refractivity contribution in [1.29, 1.82) is 5.26 Å². The Morgan fingerprint density at radius 3 is 2.75 bits per heavy atom. The molecule has 0 fully saturated rings. The van der Waals surface area contributed by atoms with Crippen LogP contribution in [0.1, 0.15) is 5.56 Å². The Bertz CT molecular complexity index is 1010. The molecule has 0 aliphatic heterocycles. The molecule has 0 unspecified atom stereocenters. The maximum Gasteiger partial charge on any atom is 0.256 e. The van der Waals surface area contributed by atoms with Gasteiger partial charge in [0.15, 0.2) is 5.75 Å². The lowest BCUT2D eigenvalue weighted by Gasteiger charge is -2.14. The van der Waals surface area contributed by atoms with E-state index in [1.54, 1.807) is 24.3 Å². The second kappa shape index (κ2) is 6.52. The number of pyridine rings is 1. The topological polar surface area (TPSA) is 91.9 Å². The van der Waals surface area contributed by atoms with Gasteiger partial charge in [0.05, 0.1) is 22.7 Å². The molecule has 0 radical (unpaired) electrons. The number of benzene rings is 2. The SMILES string of the molecule is N#Cc1ccccc1-c1[nH]c(=O)c2cc(F)ccc2c1OCCN. The van der Waals surface area contributed by atoms with E-state index in [9.17, 15) is 14.4 Å². The zero-order chi connectivity index (χ0) is 17.1. The van der Waals surface area contributed by atoms with E-state index in [0.717, 1.165) is 6.07 Å². The second-order valence-electron chi connectivity index (χ2n) is 5.14. The summed E-state index contributed by atoms with van der Waals surface area (Å²) in [5.74, 6) is -0.138. The van der Waals surface area contributed by atoms with Crippen molar-refractivity contribution in [2.24, 2.45) is 5.73 Å². The van der Waals surface area contributed by atoms with Crippen LogP contribution in [0.25, 0.3) is 22.0 Å². The molecule has 3 rings (SSSR count). The van der Waals surface area contributed by atoms with Gasteiger partial charge in [0.1, 0.15) is 12.4 Å². The van der Waals surface area contributed by atoms with E-state index in [1.165, 1.54) is 12.1 Å². The van der Waals surface area contributed by atoms with Gasteiger partial charge >= 0.3 is 0 Å². The van der Waals surface area contributed by atoms with Crippen molar-refractivity contribution in [3.8, 4) is 23.1 Å². The van der Waals surface area contributed by atoms with Crippen LogP contribution >= 0.6 is 0 Å². The predicted molar refractivity (Wildman–Crippen MR) is 89.2 cm³/mol. The van der Waals surface area contributed by atoms with Gasteiger partial charge in [0.2, 0.25) is 0 Å². The smallest absolute Gasteiger partial charge is 0.256 e. The van der Waals surface area contributed by atoms with Gasteiger partial charge in [-0.15, -0.1) is 0 Å². The van der Waals surface area contributed by atoms with Crippen LogP contribution in [-0.2, 0) is 0 Å². The van der Waals surface area contributed by atoms with Crippen molar-refractivity contribution in [3.63, 3.8) is 0 Å². The fourth-order valence-corrected chi connectivity index (χ4v) is 2.57. The fourth-order valence-electron chi connectivity index (χ4n) is 2.57. The van der Waals surface area contributed by atoms with Crippen molar-refractivity contribution in [1.82, 2.24) is 4.98 Å². The molecule has 6 heteroatoms. The first-order valence-corrected chi connectivity index (χ1v) is 7.33. The molecular weight excluding hydrogens is 309 g/mol. The van der Waals surface area contributed by atoms with Crippen molar-refractivity contribution >= 4 is 10.8 Å². The number of nitrogens with zero attached hydrogens (tertiary/aromatic N) is 1. The van der Waals surface area contributed by atoms with Gasteiger partial charge in [0, 0.05) is 17.5 Å². The number of fused-ring (bicyclic) bond motifs is 1. The van der Waals surface area contributed by atoms with E-state index < -0.39 is 11.4 Å². The third kappa shape index (κ3) is 2.73. The largest absolute Gasteiger partial charge is 0.489 e. The zero-order valence-electron chi connectivity index (χ0n) is 12.7. The average Bonchev–Trinajstić information content (AvgIpc) is 2.61. The summed E-state index contributed by atoms with van der Waals surface area (Å²) in [5, 5.41) is 9.96. The summed E-state index contributed by atoms with van der Waals surface area (Å²) in [7, 11) is 0. The van der Waals surface area contributed by atoms with Crippen molar-refractivity contribution in [2.75, 3.05) is 13.2 Å². The molecule has 1 aromatic heterocycles. The maximum atomic E-state index is 13.5. The molecule has 0 saturated carbocycles. The van der Waals surface area contributed by atoms with Gasteiger partial charge in [0.25, 0.3) is 5.56 Å². The number of aromatic amines is 1. The third-order valence-electron chi connectivity index (χ3n) is 3.62. The highest BCUT2D eigenvalue weighted by Crippen LogP contribution is 2.35. The minimum absolute atomic E-state index is 0.181. The summed E-state index contributed by atoms with van der Waals surface area (Å²) in [6.07, 6.45) is 0. The van der Waals surface area contributed by atoms with Crippen LogP contribution in [0.15, 0.2) is 47.3 Å². The van der Waals surface area contributed by atoms with Gasteiger partial charge in [-0.2, -0.15) is 5.26 Å². The molecule has 24 heavy (non-hydrogen) atoms. The van der Waals surface area contributed by atoms with Crippen LogP contribution < -0.4 is 16.0 Å². The molecule has 0 spiro atoms. The number of rotatable bonds is 4. The number of H-pyrrole nitrogens is 1. The molecular formula is C18H14FN3O2. The van der Waals surface area contributed by atoms with Crippen LogP contribution in [0.3, 0.4) is 0 Å². The van der Waals surface area contributed by atoms with Gasteiger partial charge in [-0.3, -0.25) is 4.79 Å². The monoisotopic (exact) mass is 323 g/mol. The quantitative estimate of drug-likeness (QED) is 0.772. The summed E-state index contributed by atoms with van der Waals surface area (Å²) < 4.78 is 19.2. The Morgan fingerprint density at radius 1 is 1.21 bits per heavy atom.